The van der Waals surface area contributed by atoms with Crippen molar-refractivity contribution in [1.29, 1.82) is 0 Å². The Morgan fingerprint density at radius 2 is 1.94 bits per heavy atom. The summed E-state index contributed by atoms with van der Waals surface area (Å²) in [5, 5.41) is 8.68. The molecule has 1 N–H and O–H groups in total. The Morgan fingerprint density at radius 3 is 2.39 bits per heavy atom. The summed E-state index contributed by atoms with van der Waals surface area (Å²) in [4.78, 5) is 22.1. The molecule has 0 heterocycles. The number of rotatable bonds is 5. The molecule has 18 heavy (non-hydrogen) atoms. The van der Waals surface area contributed by atoms with Crippen LogP contribution in [0.3, 0.4) is 0 Å². The zero-order valence-electron chi connectivity index (χ0n) is 10.2. The molecule has 0 aliphatic carbocycles. The first-order chi connectivity index (χ1) is 8.36. The molecule has 0 atom stereocenters. The standard InChI is InChI=1S/C12H13FO5/c1-6(2)18-11-8(10(14)12(15)16)4-7(13)5-9(11)17-3/h4-6H,1-3H3,(H,15,16). The Morgan fingerprint density at radius 1 is 1.33 bits per heavy atom. The maximum atomic E-state index is 13.3. The molecule has 0 bridgehead atoms. The topological polar surface area (TPSA) is 72.8 Å². The summed E-state index contributed by atoms with van der Waals surface area (Å²) >= 11 is 0. The second-order valence-electron chi connectivity index (χ2n) is 3.79. The minimum atomic E-state index is -1.68. The number of aliphatic carboxylic acids is 1. The summed E-state index contributed by atoms with van der Waals surface area (Å²) in [5.41, 5.74) is -0.368. The van der Waals surface area contributed by atoms with E-state index in [2.05, 4.69) is 0 Å². The van der Waals surface area contributed by atoms with E-state index in [1.54, 1.807) is 13.8 Å². The number of carboxylic acid groups (broad SMARTS) is 1. The molecule has 1 rings (SSSR count). The lowest BCUT2D eigenvalue weighted by Crippen LogP contribution is -2.17. The lowest BCUT2D eigenvalue weighted by atomic mass is 10.1. The van der Waals surface area contributed by atoms with Gasteiger partial charge in [-0.1, -0.05) is 0 Å². The molecule has 6 heteroatoms. The summed E-state index contributed by atoms with van der Waals surface area (Å²) in [5.74, 6) is -3.79. The first-order valence-electron chi connectivity index (χ1n) is 5.18. The van der Waals surface area contributed by atoms with Crippen molar-refractivity contribution in [2.24, 2.45) is 0 Å². The maximum absolute atomic E-state index is 13.3. The minimum Gasteiger partial charge on any atom is -0.493 e. The molecule has 0 radical (unpaired) electrons. The fraction of sp³-hybridized carbons (Fsp3) is 0.333. The molecular weight excluding hydrogens is 243 g/mol. The van der Waals surface area contributed by atoms with Crippen molar-refractivity contribution in [3.63, 3.8) is 0 Å². The van der Waals surface area contributed by atoms with Crippen LogP contribution in [0.4, 0.5) is 4.39 Å². The molecule has 0 fully saturated rings. The van der Waals surface area contributed by atoms with Crippen LogP contribution in [-0.4, -0.2) is 30.1 Å². The van der Waals surface area contributed by atoms with Gasteiger partial charge in [-0.2, -0.15) is 0 Å². The van der Waals surface area contributed by atoms with Gasteiger partial charge in [0.15, 0.2) is 11.5 Å². The predicted octanol–water partition coefficient (Wildman–Crippen LogP) is 1.89. The Labute approximate surface area is 103 Å². The zero-order valence-corrected chi connectivity index (χ0v) is 10.2. The van der Waals surface area contributed by atoms with Gasteiger partial charge in [-0.25, -0.2) is 9.18 Å². The highest BCUT2D eigenvalue weighted by molar-refractivity contribution is 6.40. The van der Waals surface area contributed by atoms with E-state index in [-0.39, 0.29) is 23.2 Å². The van der Waals surface area contributed by atoms with E-state index in [1.807, 2.05) is 0 Å². The van der Waals surface area contributed by atoms with Gasteiger partial charge in [-0.3, -0.25) is 4.79 Å². The van der Waals surface area contributed by atoms with Gasteiger partial charge < -0.3 is 14.6 Å². The van der Waals surface area contributed by atoms with Gasteiger partial charge >= 0.3 is 5.97 Å². The van der Waals surface area contributed by atoms with Crippen molar-refractivity contribution in [2.75, 3.05) is 7.11 Å². The molecule has 0 aliphatic rings. The number of halogens is 1. The van der Waals surface area contributed by atoms with E-state index in [4.69, 9.17) is 14.6 Å². The van der Waals surface area contributed by atoms with Crippen LogP contribution >= 0.6 is 0 Å². The maximum Gasteiger partial charge on any atom is 0.377 e. The molecule has 0 amide bonds. The zero-order chi connectivity index (χ0) is 13.9. The van der Waals surface area contributed by atoms with Crippen LogP contribution in [-0.2, 0) is 4.79 Å². The first kappa shape index (κ1) is 14.0. The molecule has 0 saturated heterocycles. The van der Waals surface area contributed by atoms with Crippen molar-refractivity contribution < 1.29 is 28.6 Å². The average Bonchev–Trinajstić information content (AvgIpc) is 2.29. The fourth-order valence-electron chi connectivity index (χ4n) is 1.36. The fourth-order valence-corrected chi connectivity index (χ4v) is 1.36. The number of hydrogen-bond donors (Lipinski definition) is 1. The Balaban J connectivity index is 3.41. The lowest BCUT2D eigenvalue weighted by Gasteiger charge is -2.16. The molecule has 0 aromatic heterocycles. The highest BCUT2D eigenvalue weighted by atomic mass is 19.1. The smallest absolute Gasteiger partial charge is 0.377 e. The lowest BCUT2D eigenvalue weighted by molar-refractivity contribution is -0.131. The van der Waals surface area contributed by atoms with E-state index in [0.29, 0.717) is 0 Å². The van der Waals surface area contributed by atoms with E-state index in [1.165, 1.54) is 7.11 Å². The molecule has 1 aromatic rings. The van der Waals surface area contributed by atoms with Crippen molar-refractivity contribution in [3.8, 4) is 11.5 Å². The number of Topliss-reactive ketones (excluding diaryl/α,β-unsaturated/α-hetero) is 1. The third-order valence-corrected chi connectivity index (χ3v) is 2.03. The minimum absolute atomic E-state index is 0.0201. The molecule has 1 aromatic carbocycles. The molecule has 98 valence electrons. The summed E-state index contributed by atoms with van der Waals surface area (Å²) in [6.45, 7) is 3.38. The van der Waals surface area contributed by atoms with E-state index in [9.17, 15) is 14.0 Å². The van der Waals surface area contributed by atoms with Crippen LogP contribution in [0, 0.1) is 5.82 Å². The largest absolute Gasteiger partial charge is 0.493 e. The van der Waals surface area contributed by atoms with Crippen LogP contribution in [0.1, 0.15) is 24.2 Å². The van der Waals surface area contributed by atoms with Crippen molar-refractivity contribution in [3.05, 3.63) is 23.5 Å². The molecule has 0 saturated carbocycles. The third-order valence-electron chi connectivity index (χ3n) is 2.03. The highest BCUT2D eigenvalue weighted by Crippen LogP contribution is 2.33. The van der Waals surface area contributed by atoms with Crippen molar-refractivity contribution >= 4 is 11.8 Å². The van der Waals surface area contributed by atoms with Crippen molar-refractivity contribution in [2.45, 2.75) is 20.0 Å². The molecule has 0 unspecified atom stereocenters. The number of hydrogen-bond acceptors (Lipinski definition) is 4. The quantitative estimate of drug-likeness (QED) is 0.643. The van der Waals surface area contributed by atoms with Gasteiger partial charge in [-0.15, -0.1) is 0 Å². The SMILES string of the molecule is COc1cc(F)cc(C(=O)C(=O)O)c1OC(C)C. The number of carbonyl (C=O) groups is 2. The number of ketones is 1. The number of methoxy groups -OCH3 is 1. The molecule has 0 aliphatic heterocycles. The van der Waals surface area contributed by atoms with Crippen molar-refractivity contribution in [1.82, 2.24) is 0 Å². The van der Waals surface area contributed by atoms with Gasteiger partial charge in [0.2, 0.25) is 0 Å². The van der Waals surface area contributed by atoms with Crippen LogP contribution in [0.2, 0.25) is 0 Å². The summed E-state index contributed by atoms with van der Waals surface area (Å²) < 4.78 is 23.5. The Hall–Kier alpha value is -2.11. The molecule has 5 nitrogen and oxygen atoms in total. The second-order valence-corrected chi connectivity index (χ2v) is 3.79. The normalized spacial score (nSPS) is 10.3. The summed E-state index contributed by atoms with van der Waals surface area (Å²) in [6, 6.07) is 1.84. The van der Waals surface area contributed by atoms with Crippen LogP contribution in [0.5, 0.6) is 11.5 Å². The predicted molar refractivity (Wildman–Crippen MR) is 60.7 cm³/mol. The molecule has 0 spiro atoms. The van der Waals surface area contributed by atoms with Crippen LogP contribution < -0.4 is 9.47 Å². The van der Waals surface area contributed by atoms with Gasteiger partial charge in [-0.05, 0) is 19.9 Å². The van der Waals surface area contributed by atoms with E-state index in [0.717, 1.165) is 12.1 Å². The Kier molecular flexibility index (Phi) is 4.25. The van der Waals surface area contributed by atoms with Crippen LogP contribution in [0.25, 0.3) is 0 Å². The number of carboxylic acids is 1. The summed E-state index contributed by atoms with van der Waals surface area (Å²) in [7, 11) is 1.27. The summed E-state index contributed by atoms with van der Waals surface area (Å²) in [6.07, 6.45) is -0.315. The van der Waals surface area contributed by atoms with Crippen LogP contribution in [0.15, 0.2) is 12.1 Å². The second kappa shape index (κ2) is 5.48. The van der Waals surface area contributed by atoms with E-state index >= 15 is 0 Å². The Bertz CT molecular complexity index is 482. The third kappa shape index (κ3) is 2.97. The number of ether oxygens (including phenoxy) is 2. The van der Waals surface area contributed by atoms with Gasteiger partial charge in [0, 0.05) is 6.07 Å². The van der Waals surface area contributed by atoms with E-state index < -0.39 is 17.6 Å². The average molecular weight is 256 g/mol. The monoisotopic (exact) mass is 256 g/mol. The number of carbonyl (C=O) groups excluding carboxylic acids is 1. The van der Waals surface area contributed by atoms with Gasteiger partial charge in [0.05, 0.1) is 18.8 Å². The van der Waals surface area contributed by atoms with Gasteiger partial charge in [0.25, 0.3) is 5.78 Å². The van der Waals surface area contributed by atoms with Gasteiger partial charge in [0.1, 0.15) is 5.82 Å². The molecular formula is C12H13FO5. The number of benzene rings is 1. The highest BCUT2D eigenvalue weighted by Gasteiger charge is 2.24. The first-order valence-corrected chi connectivity index (χ1v) is 5.18.